The molecule has 2 N–H and O–H groups in total. The number of hydrogen-bond acceptors (Lipinski definition) is 3. The molecule has 30 heavy (non-hydrogen) atoms. The average molecular weight is 532 g/mol. The second-order valence-electron chi connectivity index (χ2n) is 7.04. The summed E-state index contributed by atoms with van der Waals surface area (Å²) in [5.41, 5.74) is 3.07. The summed E-state index contributed by atoms with van der Waals surface area (Å²) < 4.78 is 29.7. The van der Waals surface area contributed by atoms with E-state index < -0.39 is 6.61 Å². The zero-order valence-corrected chi connectivity index (χ0v) is 20.2. The van der Waals surface area contributed by atoms with Crippen LogP contribution in [0.4, 0.5) is 8.78 Å². The highest BCUT2D eigenvalue weighted by molar-refractivity contribution is 14.0. The van der Waals surface area contributed by atoms with Crippen molar-refractivity contribution < 1.29 is 13.5 Å². The van der Waals surface area contributed by atoms with Crippen molar-refractivity contribution in [1.29, 1.82) is 0 Å². The normalized spacial score (nSPS) is 11.6. The van der Waals surface area contributed by atoms with Crippen molar-refractivity contribution in [2.24, 2.45) is 4.99 Å². The first-order chi connectivity index (χ1) is 13.9. The van der Waals surface area contributed by atoms with E-state index in [2.05, 4.69) is 58.3 Å². The average Bonchev–Trinajstić information content (AvgIpc) is 2.69. The highest BCUT2D eigenvalue weighted by atomic mass is 127. The van der Waals surface area contributed by atoms with E-state index in [0.717, 1.165) is 6.54 Å². The van der Waals surface area contributed by atoms with Crippen molar-refractivity contribution in [1.82, 2.24) is 15.5 Å². The van der Waals surface area contributed by atoms with Crippen molar-refractivity contribution in [2.45, 2.75) is 46.1 Å². The Kier molecular flexibility index (Phi) is 11.6. The van der Waals surface area contributed by atoms with Gasteiger partial charge >= 0.3 is 6.61 Å². The van der Waals surface area contributed by atoms with Crippen LogP contribution >= 0.6 is 24.0 Å². The van der Waals surface area contributed by atoms with Crippen LogP contribution in [0, 0.1) is 0 Å². The summed E-state index contributed by atoms with van der Waals surface area (Å²) in [5, 5.41) is 6.44. The first-order valence-corrected chi connectivity index (χ1v) is 9.65. The van der Waals surface area contributed by atoms with Gasteiger partial charge in [0.25, 0.3) is 0 Å². The first kappa shape index (κ1) is 26.1. The molecule has 2 rings (SSSR count). The molecule has 0 amide bonds. The van der Waals surface area contributed by atoms with Gasteiger partial charge in [-0.15, -0.1) is 24.0 Å². The third kappa shape index (κ3) is 8.43. The number of guanidine groups is 1. The van der Waals surface area contributed by atoms with Crippen LogP contribution in [0.15, 0.2) is 53.5 Å². The molecule has 5 nitrogen and oxygen atoms in total. The molecule has 0 atom stereocenters. The molecular weight excluding hydrogens is 501 g/mol. The molecule has 2 aromatic rings. The Morgan fingerprint density at radius 3 is 2.07 bits per heavy atom. The Bertz CT molecular complexity index is 802. The number of halogens is 3. The molecule has 0 fully saturated rings. The van der Waals surface area contributed by atoms with Gasteiger partial charge in [-0.25, -0.2) is 0 Å². The Morgan fingerprint density at radius 2 is 1.50 bits per heavy atom. The summed E-state index contributed by atoms with van der Waals surface area (Å²) in [6.07, 6.45) is 0. The van der Waals surface area contributed by atoms with Crippen LogP contribution in [0.5, 0.6) is 5.75 Å². The number of hydrogen-bond donors (Lipinski definition) is 2. The predicted molar refractivity (Wildman–Crippen MR) is 129 cm³/mol. The fourth-order valence-electron chi connectivity index (χ4n) is 2.77. The lowest BCUT2D eigenvalue weighted by molar-refractivity contribution is -0.0504. The smallest absolute Gasteiger partial charge is 0.387 e. The predicted octanol–water partition coefficient (Wildman–Crippen LogP) is 4.61. The molecule has 2 aromatic carbocycles. The quantitative estimate of drug-likeness (QED) is 0.282. The molecule has 0 radical (unpaired) electrons. The van der Waals surface area contributed by atoms with Crippen LogP contribution in [-0.2, 0) is 19.6 Å². The van der Waals surface area contributed by atoms with E-state index >= 15 is 0 Å². The van der Waals surface area contributed by atoms with Crippen molar-refractivity contribution in [3.63, 3.8) is 0 Å². The molecule has 0 unspecified atom stereocenters. The van der Waals surface area contributed by atoms with Crippen LogP contribution < -0.4 is 15.4 Å². The van der Waals surface area contributed by atoms with Gasteiger partial charge in [0.1, 0.15) is 5.75 Å². The summed E-state index contributed by atoms with van der Waals surface area (Å²) in [5.74, 6) is 0.747. The highest BCUT2D eigenvalue weighted by Gasteiger charge is 2.11. The molecular formula is C22H31F2IN4O. The summed E-state index contributed by atoms with van der Waals surface area (Å²) >= 11 is 0. The van der Waals surface area contributed by atoms with Crippen molar-refractivity contribution >= 4 is 29.9 Å². The molecule has 0 spiro atoms. The van der Waals surface area contributed by atoms with Crippen LogP contribution in [0.1, 0.15) is 30.5 Å². The van der Waals surface area contributed by atoms with E-state index in [1.807, 2.05) is 12.1 Å². The minimum atomic E-state index is -2.85. The molecule has 0 saturated carbocycles. The number of nitrogens with one attached hydrogen (secondary N) is 2. The second kappa shape index (κ2) is 13.4. The van der Waals surface area contributed by atoms with Gasteiger partial charge in [-0.1, -0.05) is 42.5 Å². The van der Waals surface area contributed by atoms with Gasteiger partial charge in [0.15, 0.2) is 5.96 Å². The number of alkyl halides is 2. The summed E-state index contributed by atoms with van der Waals surface area (Å²) in [6.45, 7) is 3.27. The van der Waals surface area contributed by atoms with E-state index in [4.69, 9.17) is 0 Å². The highest BCUT2D eigenvalue weighted by Crippen LogP contribution is 2.20. The fourth-order valence-corrected chi connectivity index (χ4v) is 2.77. The fraction of sp³-hybridized carbons (Fsp3) is 0.409. The Labute approximate surface area is 194 Å². The molecule has 8 heteroatoms. The number of para-hydroxylation sites is 1. The number of ether oxygens (including phenoxy) is 1. The van der Waals surface area contributed by atoms with E-state index in [1.165, 1.54) is 17.2 Å². The molecule has 0 aliphatic heterocycles. The van der Waals surface area contributed by atoms with Crippen molar-refractivity contribution in [2.75, 3.05) is 14.1 Å². The maximum absolute atomic E-state index is 12.6. The third-order valence-corrected chi connectivity index (χ3v) is 4.72. The van der Waals surface area contributed by atoms with E-state index in [0.29, 0.717) is 30.7 Å². The molecule has 0 heterocycles. The molecule has 0 aliphatic carbocycles. The SMILES string of the molecule is CN=C(NCc1ccccc1CN(C)C(C)C)NCc1ccccc1OC(F)F.I. The number of aliphatic imine (C=N–C) groups is 1. The topological polar surface area (TPSA) is 48.9 Å². The van der Waals surface area contributed by atoms with Crippen LogP contribution in [0.2, 0.25) is 0 Å². The lowest BCUT2D eigenvalue weighted by Gasteiger charge is -2.23. The number of rotatable bonds is 9. The van der Waals surface area contributed by atoms with Gasteiger partial charge in [-0.05, 0) is 38.1 Å². The Hall–Kier alpha value is -1.94. The Morgan fingerprint density at radius 1 is 0.967 bits per heavy atom. The van der Waals surface area contributed by atoms with Gasteiger partial charge in [0.2, 0.25) is 0 Å². The lowest BCUT2D eigenvalue weighted by Crippen LogP contribution is -2.36. The third-order valence-electron chi connectivity index (χ3n) is 4.72. The number of benzene rings is 2. The van der Waals surface area contributed by atoms with Crippen LogP contribution in [0.3, 0.4) is 0 Å². The molecule has 0 aliphatic rings. The van der Waals surface area contributed by atoms with E-state index in [9.17, 15) is 8.78 Å². The lowest BCUT2D eigenvalue weighted by atomic mass is 10.1. The molecule has 0 aromatic heterocycles. The van der Waals surface area contributed by atoms with Gasteiger partial charge in [0, 0.05) is 38.3 Å². The van der Waals surface area contributed by atoms with Crippen LogP contribution in [-0.4, -0.2) is 37.6 Å². The first-order valence-electron chi connectivity index (χ1n) is 9.65. The minimum absolute atomic E-state index is 0. The largest absolute Gasteiger partial charge is 0.434 e. The zero-order chi connectivity index (χ0) is 21.2. The minimum Gasteiger partial charge on any atom is -0.434 e. The van der Waals surface area contributed by atoms with Crippen LogP contribution in [0.25, 0.3) is 0 Å². The van der Waals surface area contributed by atoms with Crippen molar-refractivity contribution in [3.05, 3.63) is 65.2 Å². The maximum Gasteiger partial charge on any atom is 0.387 e. The van der Waals surface area contributed by atoms with E-state index in [1.54, 1.807) is 25.2 Å². The molecule has 0 bridgehead atoms. The molecule has 0 saturated heterocycles. The summed E-state index contributed by atoms with van der Waals surface area (Å²) in [4.78, 5) is 6.51. The second-order valence-corrected chi connectivity index (χ2v) is 7.04. The molecule has 166 valence electrons. The van der Waals surface area contributed by atoms with Gasteiger partial charge < -0.3 is 15.4 Å². The monoisotopic (exact) mass is 532 g/mol. The summed E-state index contributed by atoms with van der Waals surface area (Å²) in [7, 11) is 3.78. The van der Waals surface area contributed by atoms with Gasteiger partial charge in [0.05, 0.1) is 0 Å². The Balaban J connectivity index is 0.00000450. The van der Waals surface area contributed by atoms with Crippen molar-refractivity contribution in [3.8, 4) is 5.75 Å². The maximum atomic E-state index is 12.6. The standard InChI is InChI=1S/C22H30F2N4O.HI/c1-16(2)28(4)15-19-11-6-5-9-17(19)13-26-22(25-3)27-14-18-10-7-8-12-20(18)29-21(23)24;/h5-12,16,21H,13-15H2,1-4H3,(H2,25,26,27);1H. The van der Waals surface area contributed by atoms with Gasteiger partial charge in [-0.2, -0.15) is 8.78 Å². The summed E-state index contributed by atoms with van der Waals surface area (Å²) in [6, 6.07) is 15.5. The number of nitrogens with zero attached hydrogens (tertiary/aromatic N) is 2. The van der Waals surface area contributed by atoms with Gasteiger partial charge in [-0.3, -0.25) is 9.89 Å². The van der Waals surface area contributed by atoms with E-state index in [-0.39, 0.29) is 29.7 Å². The zero-order valence-electron chi connectivity index (χ0n) is 17.9.